The van der Waals surface area contributed by atoms with Gasteiger partial charge in [0.05, 0.1) is 18.5 Å². The molecule has 7 nitrogen and oxygen atoms in total. The first-order valence-electron chi connectivity index (χ1n) is 7.03. The third kappa shape index (κ3) is 3.96. The molecule has 118 valence electrons. The second-order valence-electron chi connectivity index (χ2n) is 5.34. The molecule has 1 unspecified atom stereocenters. The number of nitrogens with zero attached hydrogens (tertiary/aromatic N) is 2. The molecule has 0 bridgehead atoms. The van der Waals surface area contributed by atoms with E-state index < -0.39 is 17.9 Å². The average molecular weight is 296 g/mol. The Morgan fingerprint density at radius 1 is 1.43 bits per heavy atom. The van der Waals surface area contributed by atoms with Crippen LogP contribution < -0.4 is 11.1 Å². The molecule has 3 N–H and O–H groups in total. The van der Waals surface area contributed by atoms with E-state index in [2.05, 4.69) is 10.4 Å². The van der Waals surface area contributed by atoms with Gasteiger partial charge in [-0.25, -0.2) is 4.79 Å². The van der Waals surface area contributed by atoms with E-state index in [4.69, 9.17) is 10.5 Å². The van der Waals surface area contributed by atoms with E-state index >= 15 is 0 Å². The second kappa shape index (κ2) is 7.10. The second-order valence-corrected chi connectivity index (χ2v) is 5.34. The van der Waals surface area contributed by atoms with Crippen molar-refractivity contribution in [2.24, 2.45) is 5.92 Å². The van der Waals surface area contributed by atoms with Crippen LogP contribution in [0.3, 0.4) is 0 Å². The molecule has 0 aliphatic carbocycles. The zero-order valence-corrected chi connectivity index (χ0v) is 13.3. The number of amides is 1. The largest absolute Gasteiger partial charge is 0.467 e. The monoisotopic (exact) mass is 296 g/mol. The lowest BCUT2D eigenvalue weighted by Crippen LogP contribution is -2.43. The normalized spacial score (nSPS) is 12.3. The number of hydrogen-bond donors (Lipinski definition) is 2. The molecule has 0 aliphatic rings. The summed E-state index contributed by atoms with van der Waals surface area (Å²) in [5.74, 6) is -0.634. The summed E-state index contributed by atoms with van der Waals surface area (Å²) < 4.78 is 6.27. The van der Waals surface area contributed by atoms with Gasteiger partial charge in [-0.05, 0) is 26.2 Å². The summed E-state index contributed by atoms with van der Waals surface area (Å²) in [6.45, 7) is 8.07. The summed E-state index contributed by atoms with van der Waals surface area (Å²) >= 11 is 0. The van der Waals surface area contributed by atoms with Crippen molar-refractivity contribution in [3.63, 3.8) is 0 Å². The number of methoxy groups -OCH3 is 1. The first-order valence-corrected chi connectivity index (χ1v) is 7.03. The minimum Gasteiger partial charge on any atom is -0.467 e. The van der Waals surface area contributed by atoms with Crippen LogP contribution in [0, 0.1) is 12.8 Å². The zero-order chi connectivity index (χ0) is 16.2. The Balaban J connectivity index is 2.99. The molecule has 0 fully saturated rings. The van der Waals surface area contributed by atoms with E-state index in [9.17, 15) is 9.59 Å². The lowest BCUT2D eigenvalue weighted by molar-refractivity contribution is -0.143. The maximum atomic E-state index is 12.4. The van der Waals surface area contributed by atoms with Crippen LogP contribution in [0.5, 0.6) is 0 Å². The highest BCUT2D eigenvalue weighted by atomic mass is 16.5. The summed E-state index contributed by atoms with van der Waals surface area (Å²) in [7, 11) is 1.30. The number of esters is 1. The van der Waals surface area contributed by atoms with Gasteiger partial charge >= 0.3 is 5.97 Å². The molecule has 0 spiro atoms. The van der Waals surface area contributed by atoms with Gasteiger partial charge in [-0.15, -0.1) is 0 Å². The number of anilines is 1. The number of carbonyl (C=O) groups is 2. The maximum absolute atomic E-state index is 12.4. The van der Waals surface area contributed by atoms with Gasteiger partial charge in [-0.3, -0.25) is 9.48 Å². The van der Waals surface area contributed by atoms with Crippen molar-refractivity contribution in [1.29, 1.82) is 0 Å². The number of nitrogens with two attached hydrogens (primary N) is 1. The third-order valence-electron chi connectivity index (χ3n) is 3.19. The van der Waals surface area contributed by atoms with Crippen molar-refractivity contribution in [3.05, 3.63) is 11.4 Å². The molecular formula is C14H24N4O3. The van der Waals surface area contributed by atoms with E-state index in [-0.39, 0.29) is 11.6 Å². The number of nitrogen functional groups attached to an aromatic ring is 1. The van der Waals surface area contributed by atoms with Gasteiger partial charge in [0.1, 0.15) is 11.7 Å². The maximum Gasteiger partial charge on any atom is 0.328 e. The summed E-state index contributed by atoms with van der Waals surface area (Å²) in [4.78, 5) is 24.2. The number of nitrogens with one attached hydrogen (secondary N) is 1. The molecule has 1 amide bonds. The first-order chi connectivity index (χ1) is 9.81. The van der Waals surface area contributed by atoms with E-state index in [1.54, 1.807) is 6.92 Å². The minimum absolute atomic E-state index is 0.240. The van der Waals surface area contributed by atoms with Crippen molar-refractivity contribution in [3.8, 4) is 0 Å². The molecule has 7 heteroatoms. The van der Waals surface area contributed by atoms with Gasteiger partial charge in [-0.1, -0.05) is 13.8 Å². The molecule has 1 heterocycles. The number of aryl methyl sites for hydroxylation is 2. The molecule has 0 saturated heterocycles. The van der Waals surface area contributed by atoms with Crippen LogP contribution in [-0.2, 0) is 16.1 Å². The number of aromatic nitrogens is 2. The van der Waals surface area contributed by atoms with Gasteiger partial charge in [-0.2, -0.15) is 5.10 Å². The summed E-state index contributed by atoms with van der Waals surface area (Å²) in [6, 6.07) is -0.692. The molecule has 0 saturated carbocycles. The van der Waals surface area contributed by atoms with Crippen LogP contribution in [0.25, 0.3) is 0 Å². The molecule has 1 aromatic rings. The van der Waals surface area contributed by atoms with Crippen molar-refractivity contribution < 1.29 is 14.3 Å². The summed E-state index contributed by atoms with van der Waals surface area (Å²) in [6.07, 6.45) is 0.498. The molecule has 1 atom stereocenters. The van der Waals surface area contributed by atoms with E-state index in [0.717, 1.165) is 0 Å². The topological polar surface area (TPSA) is 99.2 Å². The van der Waals surface area contributed by atoms with Gasteiger partial charge in [0.25, 0.3) is 5.91 Å². The Bertz CT molecular complexity index is 523. The van der Waals surface area contributed by atoms with Crippen molar-refractivity contribution in [2.45, 2.75) is 46.7 Å². The quantitative estimate of drug-likeness (QED) is 0.766. The van der Waals surface area contributed by atoms with E-state index in [1.165, 1.54) is 11.8 Å². The molecule has 0 radical (unpaired) electrons. The predicted molar refractivity (Wildman–Crippen MR) is 79.8 cm³/mol. The Morgan fingerprint density at radius 2 is 2.05 bits per heavy atom. The smallest absolute Gasteiger partial charge is 0.328 e. The number of rotatable bonds is 6. The fourth-order valence-corrected chi connectivity index (χ4v) is 2.12. The van der Waals surface area contributed by atoms with E-state index in [0.29, 0.717) is 24.3 Å². The Labute approximate surface area is 124 Å². The molecule has 1 aromatic heterocycles. The highest BCUT2D eigenvalue weighted by Gasteiger charge is 2.26. The Hall–Kier alpha value is -2.05. The number of ether oxygens (including phenoxy) is 1. The summed E-state index contributed by atoms with van der Waals surface area (Å²) in [5.41, 5.74) is 7.12. The standard InChI is InChI=1S/C14H24N4O3/c1-6-18-12(11(15)9(4)17-18)13(19)16-10(7-8(2)3)14(20)21-5/h8,10H,6-7,15H2,1-5H3,(H,16,19). The van der Waals surface area contributed by atoms with Crippen LogP contribution in [0.4, 0.5) is 5.69 Å². The van der Waals surface area contributed by atoms with E-state index in [1.807, 2.05) is 20.8 Å². The van der Waals surface area contributed by atoms with Gasteiger partial charge in [0.2, 0.25) is 0 Å². The fourth-order valence-electron chi connectivity index (χ4n) is 2.12. The van der Waals surface area contributed by atoms with Gasteiger partial charge < -0.3 is 15.8 Å². The average Bonchev–Trinajstić information content (AvgIpc) is 2.72. The Morgan fingerprint density at radius 3 is 2.52 bits per heavy atom. The fraction of sp³-hybridized carbons (Fsp3) is 0.643. The van der Waals surface area contributed by atoms with Crippen LogP contribution in [-0.4, -0.2) is 34.8 Å². The van der Waals surface area contributed by atoms with Crippen LogP contribution in [0.2, 0.25) is 0 Å². The first kappa shape index (κ1) is 17.0. The lowest BCUT2D eigenvalue weighted by atomic mass is 10.0. The van der Waals surface area contributed by atoms with Crippen molar-refractivity contribution >= 4 is 17.6 Å². The minimum atomic E-state index is -0.692. The number of hydrogen-bond acceptors (Lipinski definition) is 5. The molecule has 0 aromatic carbocycles. The zero-order valence-electron chi connectivity index (χ0n) is 13.3. The third-order valence-corrected chi connectivity index (χ3v) is 3.19. The van der Waals surface area contributed by atoms with Crippen molar-refractivity contribution in [2.75, 3.05) is 12.8 Å². The van der Waals surface area contributed by atoms with Crippen LogP contribution in [0.15, 0.2) is 0 Å². The molecular weight excluding hydrogens is 272 g/mol. The van der Waals surface area contributed by atoms with Crippen LogP contribution in [0.1, 0.15) is 43.4 Å². The summed E-state index contributed by atoms with van der Waals surface area (Å²) in [5, 5.41) is 6.89. The SMILES string of the molecule is CCn1nc(C)c(N)c1C(=O)NC(CC(C)C)C(=O)OC. The molecule has 21 heavy (non-hydrogen) atoms. The lowest BCUT2D eigenvalue weighted by Gasteiger charge is -2.18. The predicted octanol–water partition coefficient (Wildman–Crippen LogP) is 1.11. The van der Waals surface area contributed by atoms with Gasteiger partial charge in [0.15, 0.2) is 0 Å². The van der Waals surface area contributed by atoms with Crippen LogP contribution >= 0.6 is 0 Å². The highest BCUT2D eigenvalue weighted by Crippen LogP contribution is 2.17. The molecule has 1 rings (SSSR count). The number of carbonyl (C=O) groups excluding carboxylic acids is 2. The molecule has 0 aliphatic heterocycles. The highest BCUT2D eigenvalue weighted by molar-refractivity contribution is 5.99. The Kier molecular flexibility index (Phi) is 5.75. The van der Waals surface area contributed by atoms with Gasteiger partial charge in [0, 0.05) is 6.54 Å². The van der Waals surface area contributed by atoms with Crippen molar-refractivity contribution in [1.82, 2.24) is 15.1 Å².